The second kappa shape index (κ2) is 10.3. The SMILES string of the molecule is O=C(O)C(F)(F)F.c1ccc(CN2CCCC(CNc3nccn4cccc34)C2)cc1. The molecule has 1 aliphatic rings. The van der Waals surface area contributed by atoms with E-state index in [1.807, 2.05) is 12.4 Å². The molecule has 1 saturated heterocycles. The molecule has 1 fully saturated rings. The van der Waals surface area contributed by atoms with Crippen LogP contribution in [-0.2, 0) is 11.3 Å². The summed E-state index contributed by atoms with van der Waals surface area (Å²) in [5.41, 5.74) is 2.56. The minimum absolute atomic E-state index is 0.680. The maximum absolute atomic E-state index is 10.6. The number of anilines is 1. The molecule has 3 aromatic rings. The number of aromatic nitrogens is 2. The van der Waals surface area contributed by atoms with E-state index in [2.05, 4.69) is 68.3 Å². The molecule has 3 heterocycles. The predicted molar refractivity (Wildman–Crippen MR) is 112 cm³/mol. The van der Waals surface area contributed by atoms with E-state index in [4.69, 9.17) is 9.90 Å². The minimum Gasteiger partial charge on any atom is -0.475 e. The van der Waals surface area contributed by atoms with Crippen molar-refractivity contribution in [3.05, 3.63) is 66.6 Å². The van der Waals surface area contributed by atoms with Crippen LogP contribution in [0.3, 0.4) is 0 Å². The Morgan fingerprint density at radius 3 is 2.61 bits per heavy atom. The van der Waals surface area contributed by atoms with Gasteiger partial charge in [0.05, 0.1) is 5.52 Å². The van der Waals surface area contributed by atoms with Crippen LogP contribution in [0.25, 0.3) is 5.52 Å². The topological polar surface area (TPSA) is 69.9 Å². The summed E-state index contributed by atoms with van der Waals surface area (Å²) in [5, 5.41) is 10.7. The number of benzene rings is 1. The Morgan fingerprint density at radius 1 is 1.16 bits per heavy atom. The van der Waals surface area contributed by atoms with E-state index in [1.165, 1.54) is 24.9 Å². The summed E-state index contributed by atoms with van der Waals surface area (Å²) in [6.45, 7) is 4.41. The first-order chi connectivity index (χ1) is 14.8. The first-order valence-corrected chi connectivity index (χ1v) is 10.0. The van der Waals surface area contributed by atoms with Gasteiger partial charge in [-0.2, -0.15) is 13.2 Å². The Hall–Kier alpha value is -3.07. The van der Waals surface area contributed by atoms with Gasteiger partial charge in [0.15, 0.2) is 0 Å². The number of carboxylic acids is 1. The molecule has 1 aromatic carbocycles. The van der Waals surface area contributed by atoms with Gasteiger partial charge in [0.2, 0.25) is 0 Å². The first-order valence-electron chi connectivity index (χ1n) is 10.0. The zero-order chi connectivity index (χ0) is 22.3. The molecular formula is C22H25F3N4O2. The van der Waals surface area contributed by atoms with Crippen molar-refractivity contribution >= 4 is 17.3 Å². The summed E-state index contributed by atoms with van der Waals surface area (Å²) in [5.74, 6) is -1.09. The minimum atomic E-state index is -5.08. The number of rotatable bonds is 5. The number of nitrogens with one attached hydrogen (secondary N) is 1. The van der Waals surface area contributed by atoms with Crippen molar-refractivity contribution in [3.63, 3.8) is 0 Å². The fourth-order valence-corrected chi connectivity index (χ4v) is 3.65. The Balaban J connectivity index is 0.000000339. The summed E-state index contributed by atoms with van der Waals surface area (Å²) in [4.78, 5) is 16.0. The smallest absolute Gasteiger partial charge is 0.475 e. The molecule has 1 aliphatic heterocycles. The number of nitrogens with zero attached hydrogens (tertiary/aromatic N) is 3. The molecule has 31 heavy (non-hydrogen) atoms. The lowest BCUT2D eigenvalue weighted by atomic mass is 9.97. The number of carbonyl (C=O) groups is 1. The average molecular weight is 434 g/mol. The molecule has 0 bridgehead atoms. The van der Waals surface area contributed by atoms with Crippen molar-refractivity contribution < 1.29 is 23.1 Å². The van der Waals surface area contributed by atoms with Gasteiger partial charge in [-0.25, -0.2) is 9.78 Å². The Morgan fingerprint density at radius 2 is 1.90 bits per heavy atom. The number of hydrogen-bond donors (Lipinski definition) is 2. The van der Waals surface area contributed by atoms with Gasteiger partial charge in [-0.05, 0) is 43.0 Å². The molecule has 1 atom stereocenters. The highest BCUT2D eigenvalue weighted by atomic mass is 19.4. The van der Waals surface area contributed by atoms with Crippen LogP contribution < -0.4 is 5.32 Å². The van der Waals surface area contributed by atoms with Crippen molar-refractivity contribution in [2.75, 3.05) is 25.0 Å². The van der Waals surface area contributed by atoms with E-state index < -0.39 is 12.1 Å². The quantitative estimate of drug-likeness (QED) is 0.627. The molecule has 0 spiro atoms. The van der Waals surface area contributed by atoms with Gasteiger partial charge in [0, 0.05) is 38.2 Å². The molecule has 0 saturated carbocycles. The lowest BCUT2D eigenvalue weighted by Gasteiger charge is -2.33. The summed E-state index contributed by atoms with van der Waals surface area (Å²) in [7, 11) is 0. The molecule has 1 unspecified atom stereocenters. The summed E-state index contributed by atoms with van der Waals surface area (Å²) in [6, 6.07) is 15.0. The first kappa shape index (κ1) is 22.6. The molecule has 2 aromatic heterocycles. The van der Waals surface area contributed by atoms with E-state index in [1.54, 1.807) is 0 Å². The molecule has 0 amide bonds. The van der Waals surface area contributed by atoms with Crippen LogP contribution in [0.2, 0.25) is 0 Å². The second-order valence-electron chi connectivity index (χ2n) is 7.49. The highest BCUT2D eigenvalue weighted by molar-refractivity contribution is 5.73. The third kappa shape index (κ3) is 6.71. The van der Waals surface area contributed by atoms with Crippen LogP contribution in [0, 0.1) is 5.92 Å². The van der Waals surface area contributed by atoms with Gasteiger partial charge in [0.1, 0.15) is 5.82 Å². The maximum atomic E-state index is 10.6. The second-order valence-corrected chi connectivity index (χ2v) is 7.49. The lowest BCUT2D eigenvalue weighted by Crippen LogP contribution is -2.37. The van der Waals surface area contributed by atoms with Gasteiger partial charge < -0.3 is 14.8 Å². The highest BCUT2D eigenvalue weighted by Crippen LogP contribution is 2.20. The van der Waals surface area contributed by atoms with Crippen LogP contribution in [0.4, 0.5) is 19.0 Å². The number of halogens is 3. The Labute approximate surface area is 178 Å². The highest BCUT2D eigenvalue weighted by Gasteiger charge is 2.38. The number of alkyl halides is 3. The van der Waals surface area contributed by atoms with Crippen molar-refractivity contribution in [3.8, 4) is 0 Å². The maximum Gasteiger partial charge on any atom is 0.490 e. The van der Waals surface area contributed by atoms with Gasteiger partial charge in [-0.1, -0.05) is 30.3 Å². The fraction of sp³-hybridized carbons (Fsp3) is 0.364. The Bertz CT molecular complexity index is 976. The van der Waals surface area contributed by atoms with E-state index in [0.717, 1.165) is 31.0 Å². The van der Waals surface area contributed by atoms with E-state index in [0.29, 0.717) is 5.92 Å². The number of fused-ring (bicyclic) bond motifs is 1. The zero-order valence-corrected chi connectivity index (χ0v) is 16.9. The number of piperidine rings is 1. The molecule has 0 radical (unpaired) electrons. The average Bonchev–Trinajstić information content (AvgIpc) is 3.23. The van der Waals surface area contributed by atoms with Crippen LogP contribution in [0.1, 0.15) is 18.4 Å². The monoisotopic (exact) mass is 434 g/mol. The third-order valence-electron chi connectivity index (χ3n) is 5.11. The van der Waals surface area contributed by atoms with Crippen molar-refractivity contribution in [2.45, 2.75) is 25.6 Å². The van der Waals surface area contributed by atoms with Gasteiger partial charge >= 0.3 is 12.1 Å². The summed E-state index contributed by atoms with van der Waals surface area (Å²) < 4.78 is 33.8. The van der Waals surface area contributed by atoms with E-state index >= 15 is 0 Å². The predicted octanol–water partition coefficient (Wildman–Crippen LogP) is 4.29. The molecule has 4 rings (SSSR count). The van der Waals surface area contributed by atoms with E-state index in [9.17, 15) is 13.2 Å². The largest absolute Gasteiger partial charge is 0.490 e. The molecular weight excluding hydrogens is 409 g/mol. The normalized spacial score (nSPS) is 17.1. The molecule has 2 N–H and O–H groups in total. The molecule has 9 heteroatoms. The number of hydrogen-bond acceptors (Lipinski definition) is 4. The molecule has 166 valence electrons. The molecule has 0 aliphatic carbocycles. The van der Waals surface area contributed by atoms with E-state index in [-0.39, 0.29) is 0 Å². The van der Waals surface area contributed by atoms with Gasteiger partial charge in [-0.15, -0.1) is 0 Å². The van der Waals surface area contributed by atoms with Crippen LogP contribution in [0.5, 0.6) is 0 Å². The fourth-order valence-electron chi connectivity index (χ4n) is 3.65. The van der Waals surface area contributed by atoms with Crippen LogP contribution in [-0.4, -0.2) is 51.2 Å². The third-order valence-corrected chi connectivity index (χ3v) is 5.11. The van der Waals surface area contributed by atoms with Crippen molar-refractivity contribution in [2.24, 2.45) is 5.92 Å². The van der Waals surface area contributed by atoms with Gasteiger partial charge in [-0.3, -0.25) is 4.90 Å². The zero-order valence-electron chi connectivity index (χ0n) is 16.9. The standard InChI is InChI=1S/C20H24N4.C2HF3O2/c1-2-6-17(7-3-1)15-23-11-4-8-18(16-23)14-22-20-19-9-5-12-24(19)13-10-21-20;3-2(4,5)1(6)7/h1-3,5-7,9-10,12-13,18H,4,8,11,14-16H2,(H,21,22);(H,6,7). The lowest BCUT2D eigenvalue weighted by molar-refractivity contribution is -0.192. The summed E-state index contributed by atoms with van der Waals surface area (Å²) >= 11 is 0. The number of likely N-dealkylation sites (tertiary alicyclic amines) is 1. The molecule has 6 nitrogen and oxygen atoms in total. The van der Waals surface area contributed by atoms with Crippen molar-refractivity contribution in [1.29, 1.82) is 0 Å². The number of carboxylic acid groups (broad SMARTS) is 1. The van der Waals surface area contributed by atoms with Crippen LogP contribution in [0.15, 0.2) is 61.1 Å². The van der Waals surface area contributed by atoms with Crippen molar-refractivity contribution in [1.82, 2.24) is 14.3 Å². The summed E-state index contributed by atoms with van der Waals surface area (Å²) in [6.07, 6.45) is 3.40. The van der Waals surface area contributed by atoms with Crippen LogP contribution >= 0.6 is 0 Å². The number of aliphatic carboxylic acids is 1. The Kier molecular flexibility index (Phi) is 7.51. The van der Waals surface area contributed by atoms with Gasteiger partial charge in [0.25, 0.3) is 0 Å².